The second kappa shape index (κ2) is 13.8. The predicted molar refractivity (Wildman–Crippen MR) is 125 cm³/mol. The smallest absolute Gasteiger partial charge is 0.191 e. The van der Waals surface area contributed by atoms with Gasteiger partial charge in [0.2, 0.25) is 0 Å². The number of guanidine groups is 1. The molecule has 0 aliphatic rings. The molecule has 1 aromatic carbocycles. The summed E-state index contributed by atoms with van der Waals surface area (Å²) < 4.78 is 5.08. The number of para-hydroxylation sites is 1. The minimum absolute atomic E-state index is 0. The third-order valence-electron chi connectivity index (χ3n) is 4.49. The van der Waals surface area contributed by atoms with E-state index in [9.17, 15) is 0 Å². The van der Waals surface area contributed by atoms with E-state index < -0.39 is 0 Å². The Kier molecular flexibility index (Phi) is 12.1. The number of likely N-dealkylation sites (N-methyl/N-ethyl adjacent to an activating group) is 1. The van der Waals surface area contributed by atoms with Crippen LogP contribution in [0.3, 0.4) is 0 Å². The number of aromatic nitrogens is 1. The van der Waals surface area contributed by atoms with Gasteiger partial charge in [0.15, 0.2) is 5.96 Å². The zero-order chi connectivity index (χ0) is 18.6. The first-order valence-electron chi connectivity index (χ1n) is 9.41. The molecule has 0 saturated carbocycles. The van der Waals surface area contributed by atoms with Crippen molar-refractivity contribution in [2.24, 2.45) is 4.99 Å². The first-order chi connectivity index (χ1) is 12.7. The lowest BCUT2D eigenvalue weighted by Crippen LogP contribution is -2.41. The van der Waals surface area contributed by atoms with Crippen LogP contribution in [-0.4, -0.2) is 69.8 Å². The lowest BCUT2D eigenvalue weighted by atomic mass is 10.1. The summed E-state index contributed by atoms with van der Waals surface area (Å²) >= 11 is 0. The molecule has 0 amide bonds. The number of aliphatic imine (C=N–C) groups is 1. The average molecular weight is 487 g/mol. The molecule has 0 bridgehead atoms. The Morgan fingerprint density at radius 2 is 1.93 bits per heavy atom. The molecular formula is C20H34IN5O. The lowest BCUT2D eigenvalue weighted by molar-refractivity contribution is 0.180. The van der Waals surface area contributed by atoms with Gasteiger partial charge in [-0.1, -0.05) is 18.2 Å². The second-order valence-electron chi connectivity index (χ2n) is 6.54. The second-order valence-corrected chi connectivity index (χ2v) is 6.54. The first kappa shape index (κ1) is 23.7. The van der Waals surface area contributed by atoms with E-state index in [0.29, 0.717) is 0 Å². The summed E-state index contributed by atoms with van der Waals surface area (Å²) in [6, 6.07) is 8.46. The number of nitrogens with zero attached hydrogens (tertiary/aromatic N) is 2. The average Bonchev–Trinajstić information content (AvgIpc) is 3.07. The highest BCUT2D eigenvalue weighted by Crippen LogP contribution is 2.18. The largest absolute Gasteiger partial charge is 0.385 e. The summed E-state index contributed by atoms with van der Waals surface area (Å²) in [5.41, 5.74) is 2.59. The van der Waals surface area contributed by atoms with E-state index in [4.69, 9.17) is 4.74 Å². The van der Waals surface area contributed by atoms with Crippen molar-refractivity contribution in [1.29, 1.82) is 0 Å². The predicted octanol–water partition coefficient (Wildman–Crippen LogP) is 2.85. The van der Waals surface area contributed by atoms with Crippen molar-refractivity contribution in [3.05, 3.63) is 36.0 Å². The van der Waals surface area contributed by atoms with E-state index in [1.807, 2.05) is 7.05 Å². The molecule has 152 valence electrons. The number of hydrogen-bond donors (Lipinski definition) is 3. The SMILES string of the molecule is CN=C(NCCCc1c[nH]c2ccccc12)NCCN(C)CCCOC.I. The number of nitrogens with one attached hydrogen (secondary N) is 3. The van der Waals surface area contributed by atoms with Crippen LogP contribution in [0.15, 0.2) is 35.5 Å². The Balaban J connectivity index is 0.00000364. The maximum atomic E-state index is 5.08. The minimum atomic E-state index is 0. The number of halogens is 1. The summed E-state index contributed by atoms with van der Waals surface area (Å²) in [5, 5.41) is 8.10. The molecule has 0 radical (unpaired) electrons. The summed E-state index contributed by atoms with van der Waals surface area (Å²) in [7, 11) is 5.70. The van der Waals surface area contributed by atoms with E-state index >= 15 is 0 Å². The fraction of sp³-hybridized carbons (Fsp3) is 0.550. The van der Waals surface area contributed by atoms with Gasteiger partial charge in [0.05, 0.1) is 0 Å². The van der Waals surface area contributed by atoms with Gasteiger partial charge >= 0.3 is 0 Å². The van der Waals surface area contributed by atoms with Gasteiger partial charge in [-0.05, 0) is 37.9 Å². The number of fused-ring (bicyclic) bond motifs is 1. The lowest BCUT2D eigenvalue weighted by Gasteiger charge is -2.18. The quantitative estimate of drug-likeness (QED) is 0.198. The van der Waals surface area contributed by atoms with Crippen LogP contribution in [0, 0.1) is 0 Å². The van der Waals surface area contributed by atoms with Gasteiger partial charge < -0.3 is 25.3 Å². The molecule has 0 spiro atoms. The molecule has 0 aliphatic heterocycles. The van der Waals surface area contributed by atoms with E-state index in [-0.39, 0.29) is 24.0 Å². The monoisotopic (exact) mass is 487 g/mol. The normalized spacial score (nSPS) is 11.6. The maximum absolute atomic E-state index is 5.08. The van der Waals surface area contributed by atoms with Crippen LogP contribution < -0.4 is 10.6 Å². The molecule has 6 nitrogen and oxygen atoms in total. The standard InChI is InChI=1S/C20H33N5O.HI/c1-21-20(23-12-14-25(2)13-7-15-26-3)22-11-6-8-17-16-24-19-10-5-4-9-18(17)19;/h4-5,9-10,16,24H,6-8,11-15H2,1-3H3,(H2,21,22,23);1H. The molecule has 7 heteroatoms. The number of hydrogen-bond acceptors (Lipinski definition) is 3. The van der Waals surface area contributed by atoms with E-state index in [0.717, 1.165) is 58.0 Å². The molecule has 2 rings (SSSR count). The highest BCUT2D eigenvalue weighted by Gasteiger charge is 2.03. The Bertz CT molecular complexity index is 673. The highest BCUT2D eigenvalue weighted by atomic mass is 127. The number of methoxy groups -OCH3 is 1. The Hall–Kier alpha value is -1.32. The summed E-state index contributed by atoms with van der Waals surface area (Å²) in [4.78, 5) is 9.93. The van der Waals surface area contributed by atoms with Crippen LogP contribution in [-0.2, 0) is 11.2 Å². The van der Waals surface area contributed by atoms with Crippen LogP contribution in [0.2, 0.25) is 0 Å². The molecule has 3 N–H and O–H groups in total. The molecule has 27 heavy (non-hydrogen) atoms. The van der Waals surface area contributed by atoms with Gasteiger partial charge in [-0.15, -0.1) is 24.0 Å². The Morgan fingerprint density at radius 1 is 1.15 bits per heavy atom. The van der Waals surface area contributed by atoms with Gasteiger partial charge in [0.25, 0.3) is 0 Å². The number of H-pyrrole nitrogens is 1. The van der Waals surface area contributed by atoms with Crippen LogP contribution in [0.5, 0.6) is 0 Å². The van der Waals surface area contributed by atoms with Gasteiger partial charge in [-0.3, -0.25) is 4.99 Å². The molecule has 0 fully saturated rings. The van der Waals surface area contributed by atoms with Crippen LogP contribution in [0.4, 0.5) is 0 Å². The van der Waals surface area contributed by atoms with Crippen LogP contribution in [0.25, 0.3) is 10.9 Å². The van der Waals surface area contributed by atoms with E-state index in [1.54, 1.807) is 7.11 Å². The molecule has 0 atom stereocenters. The number of aromatic amines is 1. The van der Waals surface area contributed by atoms with E-state index in [1.165, 1.54) is 16.5 Å². The molecule has 0 unspecified atom stereocenters. The fourth-order valence-electron chi connectivity index (χ4n) is 3.00. The summed E-state index contributed by atoms with van der Waals surface area (Å²) in [6.07, 6.45) is 5.31. The van der Waals surface area contributed by atoms with Crippen molar-refractivity contribution in [3.63, 3.8) is 0 Å². The van der Waals surface area contributed by atoms with Crippen molar-refractivity contribution < 1.29 is 4.74 Å². The molecule has 2 aromatic rings. The molecular weight excluding hydrogens is 453 g/mol. The number of ether oxygens (including phenoxy) is 1. The first-order valence-corrected chi connectivity index (χ1v) is 9.41. The molecule has 0 saturated heterocycles. The van der Waals surface area contributed by atoms with Crippen molar-refractivity contribution in [2.75, 3.05) is 54.0 Å². The fourth-order valence-corrected chi connectivity index (χ4v) is 3.00. The van der Waals surface area contributed by atoms with Crippen molar-refractivity contribution in [3.8, 4) is 0 Å². The van der Waals surface area contributed by atoms with E-state index in [2.05, 4.69) is 63.0 Å². The van der Waals surface area contributed by atoms with Crippen LogP contribution in [0.1, 0.15) is 18.4 Å². The summed E-state index contributed by atoms with van der Waals surface area (Å²) in [5.74, 6) is 0.870. The van der Waals surface area contributed by atoms with Gasteiger partial charge in [0.1, 0.15) is 0 Å². The topological polar surface area (TPSA) is 64.7 Å². The number of rotatable bonds is 11. The number of benzene rings is 1. The molecule has 1 heterocycles. The van der Waals surface area contributed by atoms with Gasteiger partial charge in [-0.2, -0.15) is 0 Å². The Morgan fingerprint density at radius 3 is 2.70 bits per heavy atom. The zero-order valence-corrected chi connectivity index (χ0v) is 19.1. The molecule has 0 aliphatic carbocycles. The maximum Gasteiger partial charge on any atom is 0.191 e. The summed E-state index contributed by atoms with van der Waals surface area (Å²) in [6.45, 7) is 4.64. The van der Waals surface area contributed by atoms with Gasteiger partial charge in [0, 0.05) is 64.0 Å². The Labute approximate surface area is 180 Å². The molecule has 1 aromatic heterocycles. The van der Waals surface area contributed by atoms with Crippen molar-refractivity contribution >= 4 is 40.8 Å². The van der Waals surface area contributed by atoms with Gasteiger partial charge in [-0.25, -0.2) is 0 Å². The third kappa shape index (κ3) is 8.49. The van der Waals surface area contributed by atoms with Crippen molar-refractivity contribution in [2.45, 2.75) is 19.3 Å². The zero-order valence-electron chi connectivity index (χ0n) is 16.8. The number of aryl methyl sites for hydroxylation is 1. The minimum Gasteiger partial charge on any atom is -0.385 e. The van der Waals surface area contributed by atoms with Crippen LogP contribution >= 0.6 is 24.0 Å². The third-order valence-corrected chi connectivity index (χ3v) is 4.49. The van der Waals surface area contributed by atoms with Crippen molar-refractivity contribution in [1.82, 2.24) is 20.5 Å². The highest BCUT2D eigenvalue weighted by molar-refractivity contribution is 14.0.